The number of nitrogens with one attached hydrogen (secondary N) is 2. The van der Waals surface area contributed by atoms with Crippen molar-refractivity contribution in [1.29, 1.82) is 0 Å². The fraction of sp³-hybridized carbons (Fsp3) is 0.700. The number of hydrogen-bond acceptors (Lipinski definition) is 4. The molecule has 1 aromatic rings. The molecule has 3 amide bonds. The number of carbonyl (C=O) groups is 3. The van der Waals surface area contributed by atoms with Gasteiger partial charge in [0.1, 0.15) is 17.7 Å². The largest absolute Gasteiger partial charge is 0.444 e. The molecule has 37 heavy (non-hydrogen) atoms. The molecule has 1 fully saturated rings. The van der Waals surface area contributed by atoms with Crippen LogP contribution in [0.1, 0.15) is 110 Å². The number of ether oxygens (including phenoxy) is 1. The predicted octanol–water partition coefficient (Wildman–Crippen LogP) is 5.97. The molecule has 0 heterocycles. The molecular formula is C30H49N3O4. The second-order valence-electron chi connectivity index (χ2n) is 12.1. The van der Waals surface area contributed by atoms with Gasteiger partial charge in [-0.3, -0.25) is 9.59 Å². The Morgan fingerprint density at radius 3 is 2.19 bits per heavy atom. The number of carbonyl (C=O) groups excluding carboxylic acids is 3. The van der Waals surface area contributed by atoms with E-state index in [1.165, 1.54) is 0 Å². The van der Waals surface area contributed by atoms with Crippen LogP contribution in [-0.4, -0.2) is 46.5 Å². The molecule has 0 bridgehead atoms. The highest BCUT2D eigenvalue weighted by Crippen LogP contribution is 2.35. The van der Waals surface area contributed by atoms with E-state index in [4.69, 9.17) is 4.74 Å². The lowest BCUT2D eigenvalue weighted by molar-refractivity contribution is -0.148. The Bertz CT molecular complexity index is 933. The van der Waals surface area contributed by atoms with Crippen molar-refractivity contribution >= 4 is 17.9 Å². The lowest BCUT2D eigenvalue weighted by atomic mass is 9.87. The Morgan fingerprint density at radius 2 is 1.70 bits per heavy atom. The van der Waals surface area contributed by atoms with Crippen molar-refractivity contribution in [2.24, 2.45) is 5.92 Å². The summed E-state index contributed by atoms with van der Waals surface area (Å²) in [5.41, 5.74) is 2.32. The van der Waals surface area contributed by atoms with Gasteiger partial charge in [-0.25, -0.2) is 4.79 Å². The van der Waals surface area contributed by atoms with Gasteiger partial charge in [-0.2, -0.15) is 0 Å². The Balaban J connectivity index is 2.51. The quantitative estimate of drug-likeness (QED) is 0.380. The maximum absolute atomic E-state index is 14.3. The van der Waals surface area contributed by atoms with Gasteiger partial charge in [0, 0.05) is 12.1 Å². The van der Waals surface area contributed by atoms with Crippen LogP contribution in [0, 0.1) is 19.8 Å². The summed E-state index contributed by atoms with van der Waals surface area (Å²) in [7, 11) is 0. The van der Waals surface area contributed by atoms with Crippen LogP contribution in [0.5, 0.6) is 0 Å². The van der Waals surface area contributed by atoms with Gasteiger partial charge in [0.25, 0.3) is 0 Å². The van der Waals surface area contributed by atoms with Crippen LogP contribution in [0.15, 0.2) is 18.2 Å². The molecule has 1 saturated carbocycles. The number of amides is 3. The number of aryl methyl sites for hydroxylation is 2. The van der Waals surface area contributed by atoms with Gasteiger partial charge in [0.15, 0.2) is 0 Å². The highest BCUT2D eigenvalue weighted by molar-refractivity contribution is 5.92. The number of benzene rings is 1. The number of alkyl carbamates (subject to hydrolysis) is 1. The molecule has 0 saturated heterocycles. The van der Waals surface area contributed by atoms with Crippen molar-refractivity contribution in [3.05, 3.63) is 34.9 Å². The Hall–Kier alpha value is -2.57. The van der Waals surface area contributed by atoms with Crippen molar-refractivity contribution in [1.82, 2.24) is 15.5 Å². The topological polar surface area (TPSA) is 87.7 Å². The van der Waals surface area contributed by atoms with Crippen LogP contribution < -0.4 is 10.6 Å². The van der Waals surface area contributed by atoms with Gasteiger partial charge in [-0.1, -0.05) is 45.4 Å². The molecule has 208 valence electrons. The van der Waals surface area contributed by atoms with Gasteiger partial charge in [-0.15, -0.1) is 0 Å². The molecule has 0 spiro atoms. The van der Waals surface area contributed by atoms with Crippen molar-refractivity contribution in [2.45, 2.75) is 131 Å². The first-order valence-electron chi connectivity index (χ1n) is 13.9. The minimum Gasteiger partial charge on any atom is -0.444 e. The van der Waals surface area contributed by atoms with Gasteiger partial charge in [0.2, 0.25) is 11.8 Å². The Kier molecular flexibility index (Phi) is 11.0. The molecule has 2 rings (SSSR count). The zero-order valence-corrected chi connectivity index (χ0v) is 24.4. The van der Waals surface area contributed by atoms with Crippen LogP contribution >= 0.6 is 0 Å². The van der Waals surface area contributed by atoms with Crippen LogP contribution in [-0.2, 0) is 14.3 Å². The van der Waals surface area contributed by atoms with Crippen molar-refractivity contribution < 1.29 is 19.1 Å². The summed E-state index contributed by atoms with van der Waals surface area (Å²) in [6, 6.07) is 4.36. The third kappa shape index (κ3) is 9.04. The number of nitrogens with zero attached hydrogens (tertiary/aromatic N) is 1. The Morgan fingerprint density at radius 1 is 1.05 bits per heavy atom. The third-order valence-corrected chi connectivity index (χ3v) is 6.90. The molecule has 0 aliphatic heterocycles. The van der Waals surface area contributed by atoms with Gasteiger partial charge >= 0.3 is 6.09 Å². The fourth-order valence-electron chi connectivity index (χ4n) is 4.71. The first-order valence-corrected chi connectivity index (χ1v) is 13.9. The standard InChI is InChI=1S/C30H49N3O4/c1-10-12-22(6)31-27(34)26(23-16-15-20(4)21(5)18-23)33(24-13-11-14-24)28(35)25(17-19(2)3)32-29(36)37-30(7,8)9/h15-16,18-19,22,24-26H,10-14,17H2,1-9H3,(H,31,34)(H,32,36). The van der Waals surface area contributed by atoms with Gasteiger partial charge < -0.3 is 20.3 Å². The molecule has 2 N–H and O–H groups in total. The summed E-state index contributed by atoms with van der Waals surface area (Å²) in [5.74, 6) is -0.249. The molecule has 7 nitrogen and oxygen atoms in total. The van der Waals surface area contributed by atoms with Crippen molar-refractivity contribution in [3.8, 4) is 0 Å². The minimum atomic E-state index is -0.787. The van der Waals surface area contributed by atoms with Crippen LogP contribution in [0.2, 0.25) is 0 Å². The normalized spacial score (nSPS) is 16.4. The first kappa shape index (κ1) is 30.7. The lowest BCUT2D eigenvalue weighted by Crippen LogP contribution is -2.58. The summed E-state index contributed by atoms with van der Waals surface area (Å²) in [6.07, 6.45) is 4.34. The zero-order chi connectivity index (χ0) is 27.9. The molecule has 1 aromatic carbocycles. The number of hydrogen-bond donors (Lipinski definition) is 2. The molecular weight excluding hydrogens is 466 g/mol. The highest BCUT2D eigenvalue weighted by atomic mass is 16.6. The molecule has 3 unspecified atom stereocenters. The second-order valence-corrected chi connectivity index (χ2v) is 12.1. The molecule has 1 aliphatic carbocycles. The van der Waals surface area contributed by atoms with E-state index in [1.54, 1.807) is 25.7 Å². The second kappa shape index (κ2) is 13.3. The van der Waals surface area contributed by atoms with Crippen molar-refractivity contribution in [3.63, 3.8) is 0 Å². The van der Waals surface area contributed by atoms with E-state index in [-0.39, 0.29) is 29.8 Å². The van der Waals surface area contributed by atoms with E-state index < -0.39 is 23.8 Å². The van der Waals surface area contributed by atoms with Crippen molar-refractivity contribution in [2.75, 3.05) is 0 Å². The van der Waals surface area contributed by atoms with E-state index in [0.29, 0.717) is 6.42 Å². The predicted molar refractivity (Wildman–Crippen MR) is 148 cm³/mol. The zero-order valence-electron chi connectivity index (χ0n) is 24.4. The SMILES string of the molecule is CCCC(C)NC(=O)C(c1ccc(C)c(C)c1)N(C(=O)C(CC(C)C)NC(=O)OC(C)(C)C)C1CCC1. The maximum Gasteiger partial charge on any atom is 0.408 e. The van der Waals surface area contributed by atoms with E-state index in [1.807, 2.05) is 52.8 Å². The molecule has 0 aromatic heterocycles. The average molecular weight is 516 g/mol. The highest BCUT2D eigenvalue weighted by Gasteiger charge is 2.42. The summed E-state index contributed by atoms with van der Waals surface area (Å²) in [4.78, 5) is 42.6. The molecule has 7 heteroatoms. The fourth-order valence-corrected chi connectivity index (χ4v) is 4.71. The van der Waals surface area contributed by atoms with E-state index in [0.717, 1.165) is 48.8 Å². The molecule has 3 atom stereocenters. The van der Waals surface area contributed by atoms with Gasteiger partial charge in [-0.05, 0) is 96.3 Å². The first-order chi connectivity index (χ1) is 17.2. The molecule has 1 aliphatic rings. The lowest BCUT2D eigenvalue weighted by Gasteiger charge is -2.44. The summed E-state index contributed by atoms with van der Waals surface area (Å²) in [5, 5.41) is 5.99. The Labute approximate surface area is 224 Å². The van der Waals surface area contributed by atoms with E-state index in [9.17, 15) is 14.4 Å². The van der Waals surface area contributed by atoms with Crippen LogP contribution in [0.3, 0.4) is 0 Å². The van der Waals surface area contributed by atoms with E-state index in [2.05, 4.69) is 17.6 Å². The smallest absolute Gasteiger partial charge is 0.408 e. The van der Waals surface area contributed by atoms with Gasteiger partial charge in [0.05, 0.1) is 0 Å². The minimum absolute atomic E-state index is 0.00348. The van der Waals surface area contributed by atoms with Crippen LogP contribution in [0.4, 0.5) is 4.79 Å². The average Bonchev–Trinajstić information content (AvgIpc) is 2.71. The number of rotatable bonds is 11. The summed E-state index contributed by atoms with van der Waals surface area (Å²) in [6.45, 7) is 17.6. The molecule has 0 radical (unpaired) electrons. The monoisotopic (exact) mass is 515 g/mol. The van der Waals surface area contributed by atoms with Crippen LogP contribution in [0.25, 0.3) is 0 Å². The summed E-state index contributed by atoms with van der Waals surface area (Å²) < 4.78 is 5.48. The third-order valence-electron chi connectivity index (χ3n) is 6.90. The van der Waals surface area contributed by atoms with E-state index >= 15 is 0 Å². The summed E-state index contributed by atoms with van der Waals surface area (Å²) >= 11 is 0. The maximum atomic E-state index is 14.3.